The molecule has 0 bridgehead atoms. The van der Waals surface area contributed by atoms with E-state index in [0.29, 0.717) is 9.21 Å². The molecule has 1 N–H and O–H groups in total. The van der Waals surface area contributed by atoms with Gasteiger partial charge in [-0.25, -0.2) is 0 Å². The molecule has 0 unspecified atom stereocenters. The number of aliphatic hydroxyl groups is 1. The highest BCUT2D eigenvalue weighted by atomic mass is 35.5. The molecule has 1 aliphatic rings. The van der Waals surface area contributed by atoms with Gasteiger partial charge in [0.05, 0.1) is 15.9 Å². The summed E-state index contributed by atoms with van der Waals surface area (Å²) >= 11 is 7.01. The van der Waals surface area contributed by atoms with Crippen LogP contribution in [0.4, 0.5) is 13.2 Å². The van der Waals surface area contributed by atoms with E-state index in [1.54, 1.807) is 12.1 Å². The van der Waals surface area contributed by atoms with Gasteiger partial charge in [-0.3, -0.25) is 0 Å². The third-order valence-electron chi connectivity index (χ3n) is 3.31. The number of alkyl halides is 3. The van der Waals surface area contributed by atoms with Crippen LogP contribution in [-0.2, 0) is 5.60 Å². The van der Waals surface area contributed by atoms with E-state index in [2.05, 4.69) is 0 Å². The zero-order valence-electron chi connectivity index (χ0n) is 8.93. The maximum absolute atomic E-state index is 12.5. The minimum Gasteiger partial charge on any atom is -0.384 e. The van der Waals surface area contributed by atoms with Crippen molar-refractivity contribution in [1.82, 2.24) is 0 Å². The van der Waals surface area contributed by atoms with Crippen molar-refractivity contribution in [1.29, 1.82) is 0 Å². The molecular weight excluding hydrogens is 273 g/mol. The second kappa shape index (κ2) is 4.44. The van der Waals surface area contributed by atoms with Crippen LogP contribution in [0, 0.1) is 5.92 Å². The summed E-state index contributed by atoms with van der Waals surface area (Å²) < 4.78 is 38.0. The van der Waals surface area contributed by atoms with E-state index in [9.17, 15) is 18.3 Å². The molecule has 1 aromatic heterocycles. The van der Waals surface area contributed by atoms with E-state index in [4.69, 9.17) is 11.6 Å². The van der Waals surface area contributed by atoms with Gasteiger partial charge >= 0.3 is 6.18 Å². The van der Waals surface area contributed by atoms with Crippen LogP contribution in [0.15, 0.2) is 12.1 Å². The molecule has 17 heavy (non-hydrogen) atoms. The number of hydrogen-bond donors (Lipinski definition) is 1. The van der Waals surface area contributed by atoms with Crippen molar-refractivity contribution in [3.63, 3.8) is 0 Å². The molecule has 0 radical (unpaired) electrons. The summed E-state index contributed by atoms with van der Waals surface area (Å²) in [5.41, 5.74) is -1.13. The number of rotatable bonds is 1. The molecule has 1 aliphatic carbocycles. The molecule has 1 nitrogen and oxygen atoms in total. The Morgan fingerprint density at radius 2 is 1.88 bits per heavy atom. The van der Waals surface area contributed by atoms with Gasteiger partial charge in [0, 0.05) is 4.88 Å². The first-order valence-electron chi connectivity index (χ1n) is 5.36. The highest BCUT2D eigenvalue weighted by molar-refractivity contribution is 7.16. The van der Waals surface area contributed by atoms with Crippen molar-refractivity contribution < 1.29 is 18.3 Å². The highest BCUT2D eigenvalue weighted by Crippen LogP contribution is 2.46. The van der Waals surface area contributed by atoms with E-state index < -0.39 is 17.7 Å². The zero-order valence-corrected chi connectivity index (χ0v) is 10.5. The van der Waals surface area contributed by atoms with E-state index in [1.165, 1.54) is 11.3 Å². The van der Waals surface area contributed by atoms with Crippen molar-refractivity contribution in [2.24, 2.45) is 5.92 Å². The van der Waals surface area contributed by atoms with Crippen molar-refractivity contribution in [3.8, 4) is 0 Å². The van der Waals surface area contributed by atoms with Crippen LogP contribution in [0.5, 0.6) is 0 Å². The quantitative estimate of drug-likeness (QED) is 0.813. The SMILES string of the molecule is OC1(c2ccc(Cl)s2)CCC(C(F)(F)F)CC1. The van der Waals surface area contributed by atoms with Crippen LogP contribution in [-0.4, -0.2) is 11.3 Å². The van der Waals surface area contributed by atoms with Gasteiger partial charge in [0.1, 0.15) is 0 Å². The first-order valence-corrected chi connectivity index (χ1v) is 6.56. The summed E-state index contributed by atoms with van der Waals surface area (Å²) in [4.78, 5) is 0.670. The van der Waals surface area contributed by atoms with Crippen LogP contribution in [0.25, 0.3) is 0 Å². The maximum atomic E-state index is 12.5. The van der Waals surface area contributed by atoms with Gasteiger partial charge in [-0.15, -0.1) is 11.3 Å². The fraction of sp³-hybridized carbons (Fsp3) is 0.636. The number of thiophene rings is 1. The van der Waals surface area contributed by atoms with Crippen molar-refractivity contribution in [3.05, 3.63) is 21.3 Å². The fourth-order valence-corrected chi connectivity index (χ4v) is 3.42. The molecule has 1 aromatic rings. The average Bonchev–Trinajstić information content (AvgIpc) is 2.65. The Labute approximate surface area is 106 Å². The first kappa shape index (κ1) is 13.2. The van der Waals surface area contributed by atoms with Gasteiger partial charge in [0.25, 0.3) is 0 Å². The molecule has 96 valence electrons. The number of hydrogen-bond acceptors (Lipinski definition) is 2. The molecule has 0 aromatic carbocycles. The predicted octanol–water partition coefficient (Wildman–Crippen LogP) is 4.34. The Morgan fingerprint density at radius 1 is 1.29 bits per heavy atom. The van der Waals surface area contributed by atoms with Crippen LogP contribution in [0.2, 0.25) is 4.34 Å². The van der Waals surface area contributed by atoms with Crippen molar-refractivity contribution in [2.45, 2.75) is 37.5 Å². The lowest BCUT2D eigenvalue weighted by Crippen LogP contribution is -2.35. The Kier molecular flexibility index (Phi) is 3.45. The van der Waals surface area contributed by atoms with Crippen LogP contribution in [0.1, 0.15) is 30.6 Å². The zero-order chi connectivity index (χ0) is 12.7. The van der Waals surface area contributed by atoms with Gasteiger partial charge in [-0.2, -0.15) is 13.2 Å². The summed E-state index contributed by atoms with van der Waals surface area (Å²) in [6.07, 6.45) is -3.89. The summed E-state index contributed by atoms with van der Waals surface area (Å²) in [5.74, 6) is -1.28. The van der Waals surface area contributed by atoms with E-state index in [-0.39, 0.29) is 25.7 Å². The molecule has 0 spiro atoms. The van der Waals surface area contributed by atoms with Gasteiger partial charge in [-0.05, 0) is 37.8 Å². The summed E-state index contributed by atoms with van der Waals surface area (Å²) in [7, 11) is 0. The monoisotopic (exact) mass is 284 g/mol. The largest absolute Gasteiger partial charge is 0.391 e. The molecule has 1 saturated carbocycles. The second-order valence-electron chi connectivity index (χ2n) is 4.45. The normalized spacial score (nSPS) is 30.5. The average molecular weight is 285 g/mol. The first-order chi connectivity index (χ1) is 7.81. The van der Waals surface area contributed by atoms with Crippen LogP contribution < -0.4 is 0 Å². The Hall–Kier alpha value is -0.260. The van der Waals surface area contributed by atoms with Crippen molar-refractivity contribution >= 4 is 22.9 Å². The van der Waals surface area contributed by atoms with E-state index in [1.807, 2.05) is 0 Å². The molecule has 6 heteroatoms. The molecule has 1 fully saturated rings. The molecule has 0 aliphatic heterocycles. The lowest BCUT2D eigenvalue weighted by atomic mass is 9.78. The summed E-state index contributed by atoms with van der Waals surface area (Å²) in [5, 5.41) is 10.3. The third kappa shape index (κ3) is 2.77. The van der Waals surface area contributed by atoms with Gasteiger partial charge < -0.3 is 5.11 Å². The lowest BCUT2D eigenvalue weighted by Gasteiger charge is -2.36. The fourth-order valence-electron chi connectivity index (χ4n) is 2.23. The Balaban J connectivity index is 2.07. The van der Waals surface area contributed by atoms with Crippen LogP contribution >= 0.6 is 22.9 Å². The van der Waals surface area contributed by atoms with E-state index in [0.717, 1.165) is 0 Å². The molecule has 2 rings (SSSR count). The molecule has 0 saturated heterocycles. The van der Waals surface area contributed by atoms with Gasteiger partial charge in [-0.1, -0.05) is 11.6 Å². The second-order valence-corrected chi connectivity index (χ2v) is 6.17. The lowest BCUT2D eigenvalue weighted by molar-refractivity contribution is -0.192. The topological polar surface area (TPSA) is 20.2 Å². The molecule has 0 amide bonds. The summed E-state index contributed by atoms with van der Waals surface area (Å²) in [6.45, 7) is 0. The van der Waals surface area contributed by atoms with Crippen LogP contribution in [0.3, 0.4) is 0 Å². The Bertz CT molecular complexity index is 394. The molecule has 0 atom stereocenters. The third-order valence-corrected chi connectivity index (χ3v) is 4.73. The van der Waals surface area contributed by atoms with Gasteiger partial charge in [0.2, 0.25) is 0 Å². The van der Waals surface area contributed by atoms with Crippen molar-refractivity contribution in [2.75, 3.05) is 0 Å². The van der Waals surface area contributed by atoms with E-state index >= 15 is 0 Å². The predicted molar refractivity (Wildman–Crippen MR) is 61.2 cm³/mol. The summed E-state index contributed by atoms with van der Waals surface area (Å²) in [6, 6.07) is 3.36. The Morgan fingerprint density at radius 3 is 2.29 bits per heavy atom. The maximum Gasteiger partial charge on any atom is 0.391 e. The smallest absolute Gasteiger partial charge is 0.384 e. The highest BCUT2D eigenvalue weighted by Gasteiger charge is 2.46. The number of halogens is 4. The molecular formula is C11H12ClF3OS. The van der Waals surface area contributed by atoms with Gasteiger partial charge in [0.15, 0.2) is 0 Å². The molecule has 1 heterocycles. The minimum atomic E-state index is -4.14. The minimum absolute atomic E-state index is 0.0183. The standard InChI is InChI=1S/C11H12ClF3OS/c12-9-2-1-8(17-9)10(16)5-3-7(4-6-10)11(13,14)15/h1-2,7,16H,3-6H2.